The summed E-state index contributed by atoms with van der Waals surface area (Å²) in [6.45, 7) is 7.64. The quantitative estimate of drug-likeness (QED) is 0.770. The first-order valence-electron chi connectivity index (χ1n) is 8.12. The van der Waals surface area contributed by atoms with Gasteiger partial charge in [0.1, 0.15) is 6.26 Å². The third kappa shape index (κ3) is 4.51. The lowest BCUT2D eigenvalue weighted by molar-refractivity contribution is 0.0314. The average Bonchev–Trinajstić information content (AvgIpc) is 3.04. The molecular formula is C15H24N4O4. The number of aliphatic hydroxyl groups is 1. The lowest BCUT2D eigenvalue weighted by atomic mass is 10.3. The Morgan fingerprint density at radius 2 is 1.96 bits per heavy atom. The van der Waals surface area contributed by atoms with Gasteiger partial charge in [-0.1, -0.05) is 5.16 Å². The fourth-order valence-electron chi connectivity index (χ4n) is 3.03. The van der Waals surface area contributed by atoms with E-state index in [0.29, 0.717) is 25.3 Å². The van der Waals surface area contributed by atoms with Crippen molar-refractivity contribution in [2.24, 2.45) is 0 Å². The molecule has 23 heavy (non-hydrogen) atoms. The second-order valence-corrected chi connectivity index (χ2v) is 6.04. The van der Waals surface area contributed by atoms with Crippen LogP contribution in [-0.4, -0.2) is 103 Å². The second kappa shape index (κ2) is 7.87. The summed E-state index contributed by atoms with van der Waals surface area (Å²) in [5, 5.41) is 13.9. The molecule has 8 nitrogen and oxygen atoms in total. The average molecular weight is 324 g/mol. The van der Waals surface area contributed by atoms with E-state index in [-0.39, 0.29) is 5.91 Å². The van der Waals surface area contributed by atoms with Crippen LogP contribution in [0.2, 0.25) is 0 Å². The van der Waals surface area contributed by atoms with Crippen molar-refractivity contribution >= 4 is 5.91 Å². The summed E-state index contributed by atoms with van der Waals surface area (Å²) < 4.78 is 10.1. The molecule has 1 N–H and O–H groups in total. The minimum atomic E-state index is -0.543. The first kappa shape index (κ1) is 16.4. The summed E-state index contributed by atoms with van der Waals surface area (Å²) in [5.41, 5.74) is 0.291. The Bertz CT molecular complexity index is 490. The van der Waals surface area contributed by atoms with E-state index >= 15 is 0 Å². The highest BCUT2D eigenvalue weighted by Gasteiger charge is 2.26. The molecule has 128 valence electrons. The first-order chi connectivity index (χ1) is 11.2. The van der Waals surface area contributed by atoms with Gasteiger partial charge in [-0.3, -0.25) is 14.6 Å². The first-order valence-corrected chi connectivity index (χ1v) is 8.12. The largest absolute Gasteiger partial charge is 0.390 e. The summed E-state index contributed by atoms with van der Waals surface area (Å²) in [6.07, 6.45) is 0.842. The van der Waals surface area contributed by atoms with Crippen molar-refractivity contribution < 1.29 is 19.2 Å². The second-order valence-electron chi connectivity index (χ2n) is 6.04. The molecule has 1 atom stereocenters. The number of nitrogens with zero attached hydrogens (tertiary/aromatic N) is 4. The summed E-state index contributed by atoms with van der Waals surface area (Å²) in [5.74, 6) is -0.187. The zero-order valence-corrected chi connectivity index (χ0v) is 13.3. The number of carbonyl (C=O) groups excluding carboxylic acids is 1. The number of aromatic nitrogens is 1. The minimum Gasteiger partial charge on any atom is -0.390 e. The molecule has 0 radical (unpaired) electrons. The maximum absolute atomic E-state index is 12.3. The highest BCUT2D eigenvalue weighted by atomic mass is 16.5. The predicted molar refractivity (Wildman–Crippen MR) is 82.1 cm³/mol. The molecule has 2 aliphatic rings. The van der Waals surface area contributed by atoms with E-state index in [2.05, 4.69) is 15.0 Å². The van der Waals surface area contributed by atoms with E-state index in [9.17, 15) is 9.90 Å². The fourth-order valence-corrected chi connectivity index (χ4v) is 3.03. The molecule has 0 bridgehead atoms. The summed E-state index contributed by atoms with van der Waals surface area (Å²) >= 11 is 0. The van der Waals surface area contributed by atoms with Gasteiger partial charge in [-0.05, 0) is 0 Å². The summed E-state index contributed by atoms with van der Waals surface area (Å²) in [7, 11) is 0. The third-order valence-corrected chi connectivity index (χ3v) is 4.37. The number of morpholine rings is 1. The molecule has 1 amide bonds. The number of hydrogen-bond donors (Lipinski definition) is 1. The predicted octanol–water partition coefficient (Wildman–Crippen LogP) is -0.874. The van der Waals surface area contributed by atoms with Crippen molar-refractivity contribution in [2.75, 3.05) is 65.6 Å². The van der Waals surface area contributed by atoms with E-state index in [4.69, 9.17) is 9.26 Å². The molecular weight excluding hydrogens is 300 g/mol. The van der Waals surface area contributed by atoms with Gasteiger partial charge in [-0.25, -0.2) is 0 Å². The lowest BCUT2D eigenvalue weighted by Gasteiger charge is -2.29. The van der Waals surface area contributed by atoms with Crippen LogP contribution in [-0.2, 0) is 4.74 Å². The molecule has 1 unspecified atom stereocenters. The molecule has 0 aromatic carbocycles. The van der Waals surface area contributed by atoms with Gasteiger partial charge < -0.3 is 19.3 Å². The molecule has 0 spiro atoms. The van der Waals surface area contributed by atoms with Crippen molar-refractivity contribution in [3.05, 3.63) is 18.0 Å². The smallest absolute Gasteiger partial charge is 0.276 e. The van der Waals surface area contributed by atoms with Crippen molar-refractivity contribution in [2.45, 2.75) is 6.10 Å². The van der Waals surface area contributed by atoms with Crippen LogP contribution in [0.5, 0.6) is 0 Å². The highest BCUT2D eigenvalue weighted by molar-refractivity contribution is 5.92. The topological polar surface area (TPSA) is 82.3 Å². The van der Waals surface area contributed by atoms with Crippen molar-refractivity contribution in [1.82, 2.24) is 19.9 Å². The molecule has 2 saturated heterocycles. The maximum atomic E-state index is 12.3. The molecule has 1 aromatic rings. The van der Waals surface area contributed by atoms with Crippen LogP contribution in [0.15, 0.2) is 16.9 Å². The van der Waals surface area contributed by atoms with Gasteiger partial charge in [0.15, 0.2) is 5.69 Å². The normalized spacial score (nSPS) is 24.6. The number of amides is 1. The molecule has 2 aliphatic heterocycles. The SMILES string of the molecule is O=C(c1ccon1)N1CCN(CCN2CCOCC2)CC(O)C1. The monoisotopic (exact) mass is 324 g/mol. The summed E-state index contributed by atoms with van der Waals surface area (Å²) in [4.78, 5) is 18.6. The zero-order chi connectivity index (χ0) is 16.1. The number of β-amino-alcohol motifs (C(OH)–C–C–N with tert-alkyl or cyclic N) is 1. The Kier molecular flexibility index (Phi) is 5.60. The van der Waals surface area contributed by atoms with Crippen LogP contribution >= 0.6 is 0 Å². The molecule has 8 heteroatoms. The van der Waals surface area contributed by atoms with Gasteiger partial charge in [-0.2, -0.15) is 0 Å². The number of rotatable bonds is 4. The zero-order valence-electron chi connectivity index (χ0n) is 13.3. The Labute approximate surface area is 135 Å². The van der Waals surface area contributed by atoms with Gasteiger partial charge in [-0.15, -0.1) is 0 Å². The van der Waals surface area contributed by atoms with Crippen molar-refractivity contribution in [3.8, 4) is 0 Å². The number of ether oxygens (including phenoxy) is 1. The fraction of sp³-hybridized carbons (Fsp3) is 0.733. The van der Waals surface area contributed by atoms with Crippen LogP contribution < -0.4 is 0 Å². The van der Waals surface area contributed by atoms with Gasteiger partial charge in [0.25, 0.3) is 5.91 Å². The number of hydrogen-bond acceptors (Lipinski definition) is 7. The number of aliphatic hydroxyl groups excluding tert-OH is 1. The van der Waals surface area contributed by atoms with Crippen LogP contribution in [0.3, 0.4) is 0 Å². The van der Waals surface area contributed by atoms with Gasteiger partial charge in [0, 0.05) is 58.4 Å². The molecule has 1 aromatic heterocycles. The van der Waals surface area contributed by atoms with E-state index in [1.54, 1.807) is 11.0 Å². The minimum absolute atomic E-state index is 0.187. The van der Waals surface area contributed by atoms with Crippen LogP contribution in [0.1, 0.15) is 10.5 Å². The maximum Gasteiger partial charge on any atom is 0.276 e. The van der Waals surface area contributed by atoms with Crippen LogP contribution in [0.4, 0.5) is 0 Å². The van der Waals surface area contributed by atoms with Gasteiger partial charge in [0.05, 0.1) is 19.3 Å². The Hall–Kier alpha value is -1.48. The summed E-state index contributed by atoms with van der Waals surface area (Å²) in [6, 6.07) is 1.55. The Balaban J connectivity index is 1.50. The molecule has 0 saturated carbocycles. The van der Waals surface area contributed by atoms with Crippen LogP contribution in [0.25, 0.3) is 0 Å². The van der Waals surface area contributed by atoms with Gasteiger partial charge in [0.2, 0.25) is 0 Å². The van der Waals surface area contributed by atoms with Crippen molar-refractivity contribution in [1.29, 1.82) is 0 Å². The molecule has 3 rings (SSSR count). The van der Waals surface area contributed by atoms with E-state index in [1.165, 1.54) is 6.26 Å². The van der Waals surface area contributed by atoms with Gasteiger partial charge >= 0.3 is 0 Å². The standard InChI is InChI=1S/C15H24N4O4/c20-13-11-18(3-2-17-6-9-22-10-7-17)4-5-19(12-13)15(21)14-1-8-23-16-14/h1,8,13,20H,2-7,9-12H2. The third-order valence-electron chi connectivity index (χ3n) is 4.37. The van der Waals surface area contributed by atoms with Crippen LogP contribution in [0, 0.1) is 0 Å². The molecule has 0 aliphatic carbocycles. The Morgan fingerprint density at radius 3 is 2.70 bits per heavy atom. The van der Waals surface area contributed by atoms with E-state index in [1.807, 2.05) is 0 Å². The van der Waals surface area contributed by atoms with E-state index in [0.717, 1.165) is 45.9 Å². The Morgan fingerprint density at radius 1 is 1.17 bits per heavy atom. The lowest BCUT2D eigenvalue weighted by Crippen LogP contribution is -2.43. The molecule has 3 heterocycles. The highest BCUT2D eigenvalue weighted by Crippen LogP contribution is 2.09. The van der Waals surface area contributed by atoms with Crippen molar-refractivity contribution in [3.63, 3.8) is 0 Å². The molecule has 2 fully saturated rings. The van der Waals surface area contributed by atoms with E-state index < -0.39 is 6.10 Å². The number of carbonyl (C=O) groups is 1.